The van der Waals surface area contributed by atoms with E-state index in [0.29, 0.717) is 22.9 Å². The summed E-state index contributed by atoms with van der Waals surface area (Å²) in [7, 11) is 3.03. The fourth-order valence-electron chi connectivity index (χ4n) is 2.04. The van der Waals surface area contributed by atoms with Gasteiger partial charge in [0.1, 0.15) is 12.4 Å². The molecule has 0 fully saturated rings. The Kier molecular flexibility index (Phi) is 3.17. The number of hydrogen-bond donors (Lipinski definition) is 0. The van der Waals surface area contributed by atoms with Gasteiger partial charge in [-0.25, -0.2) is 4.79 Å². The molecule has 3 rings (SSSR count). The van der Waals surface area contributed by atoms with Crippen LogP contribution in [0, 0.1) is 0 Å². The summed E-state index contributed by atoms with van der Waals surface area (Å²) in [6.07, 6.45) is 0. The van der Waals surface area contributed by atoms with E-state index < -0.39 is 0 Å². The van der Waals surface area contributed by atoms with E-state index in [2.05, 4.69) is 0 Å². The maximum atomic E-state index is 11.8. The van der Waals surface area contributed by atoms with Crippen LogP contribution in [0.1, 0.15) is 5.69 Å². The minimum atomic E-state index is -0.383. The highest BCUT2D eigenvalue weighted by Crippen LogP contribution is 2.35. The summed E-state index contributed by atoms with van der Waals surface area (Å²) in [6, 6.07) is 6.59. The van der Waals surface area contributed by atoms with Crippen LogP contribution >= 0.6 is 0 Å². The topological polar surface area (TPSA) is 71.7 Å². The van der Waals surface area contributed by atoms with E-state index in [4.69, 9.17) is 14.2 Å². The molecule has 2 heterocycles. The average molecular weight is 290 g/mol. The molecule has 0 aliphatic carbocycles. The van der Waals surface area contributed by atoms with Gasteiger partial charge in [0, 0.05) is 26.2 Å². The van der Waals surface area contributed by atoms with E-state index in [9.17, 15) is 9.59 Å². The molecule has 7 nitrogen and oxygen atoms in total. The van der Waals surface area contributed by atoms with E-state index in [-0.39, 0.29) is 24.6 Å². The van der Waals surface area contributed by atoms with E-state index in [1.165, 1.54) is 17.7 Å². The normalized spacial score (nSPS) is 12.5. The van der Waals surface area contributed by atoms with Crippen molar-refractivity contribution in [1.82, 2.24) is 9.13 Å². The number of ether oxygens (including phenoxy) is 3. The third-order valence-corrected chi connectivity index (χ3v) is 3.36. The molecule has 110 valence electrons. The molecule has 1 aliphatic rings. The average Bonchev–Trinajstić information content (AvgIpc) is 2.95. The first kappa shape index (κ1) is 13.3. The molecule has 21 heavy (non-hydrogen) atoms. The zero-order chi connectivity index (χ0) is 15.0. The highest BCUT2D eigenvalue weighted by molar-refractivity contribution is 5.46. The highest BCUT2D eigenvalue weighted by atomic mass is 16.7. The Balaban J connectivity index is 1.82. The quantitative estimate of drug-likeness (QED) is 0.818. The van der Waals surface area contributed by atoms with Gasteiger partial charge in [-0.1, -0.05) is 0 Å². The van der Waals surface area contributed by atoms with Crippen molar-refractivity contribution in [2.45, 2.75) is 6.61 Å². The Hall–Kier alpha value is -2.70. The van der Waals surface area contributed by atoms with Crippen molar-refractivity contribution in [3.05, 3.63) is 50.8 Å². The van der Waals surface area contributed by atoms with Gasteiger partial charge in [-0.2, -0.15) is 0 Å². The first-order chi connectivity index (χ1) is 10.1. The van der Waals surface area contributed by atoms with E-state index in [0.717, 1.165) is 4.57 Å². The van der Waals surface area contributed by atoms with Crippen LogP contribution in [0.2, 0.25) is 0 Å². The monoisotopic (exact) mass is 290 g/mol. The SMILES string of the molecule is Cn1c(COc2ccc3c(c2)OCO3)cc(=O)n(C)c1=O. The van der Waals surface area contributed by atoms with Gasteiger partial charge in [0.05, 0.1) is 5.69 Å². The standard InChI is InChI=1S/C14H14N2O5/c1-15-9(5-13(17)16(2)14(15)18)7-19-10-3-4-11-12(6-10)21-8-20-11/h3-6H,7-8H2,1-2H3. The Bertz CT molecular complexity index is 806. The Morgan fingerprint density at radius 1 is 1.10 bits per heavy atom. The van der Waals surface area contributed by atoms with Crippen LogP contribution in [-0.4, -0.2) is 15.9 Å². The Labute approximate surface area is 119 Å². The van der Waals surface area contributed by atoms with Crippen LogP contribution in [0.25, 0.3) is 0 Å². The molecular weight excluding hydrogens is 276 g/mol. The van der Waals surface area contributed by atoms with Crippen LogP contribution in [0.4, 0.5) is 0 Å². The number of hydrogen-bond acceptors (Lipinski definition) is 5. The number of fused-ring (bicyclic) bond motifs is 1. The second-order valence-corrected chi connectivity index (χ2v) is 4.68. The molecule has 0 bridgehead atoms. The lowest BCUT2D eigenvalue weighted by Gasteiger charge is -2.11. The smallest absolute Gasteiger partial charge is 0.330 e. The second-order valence-electron chi connectivity index (χ2n) is 4.68. The fraction of sp³-hybridized carbons (Fsp3) is 0.286. The van der Waals surface area contributed by atoms with Gasteiger partial charge in [0.2, 0.25) is 6.79 Å². The Morgan fingerprint density at radius 2 is 1.86 bits per heavy atom. The molecule has 0 saturated heterocycles. The zero-order valence-corrected chi connectivity index (χ0v) is 11.7. The lowest BCUT2D eigenvalue weighted by atomic mass is 10.3. The maximum absolute atomic E-state index is 11.8. The van der Waals surface area contributed by atoms with Crippen molar-refractivity contribution in [2.75, 3.05) is 6.79 Å². The molecule has 0 spiro atoms. The minimum absolute atomic E-state index is 0.113. The predicted octanol–water partition coefficient (Wildman–Crippen LogP) is 0.392. The van der Waals surface area contributed by atoms with Crippen LogP contribution in [-0.2, 0) is 20.7 Å². The maximum Gasteiger partial charge on any atom is 0.330 e. The summed E-state index contributed by atoms with van der Waals surface area (Å²) < 4.78 is 18.5. The van der Waals surface area contributed by atoms with Crippen molar-refractivity contribution in [1.29, 1.82) is 0 Å². The lowest BCUT2D eigenvalue weighted by Crippen LogP contribution is -2.38. The summed E-state index contributed by atoms with van der Waals surface area (Å²) in [4.78, 5) is 23.4. The number of benzene rings is 1. The van der Waals surface area contributed by atoms with Gasteiger partial charge >= 0.3 is 5.69 Å². The van der Waals surface area contributed by atoms with Gasteiger partial charge < -0.3 is 14.2 Å². The van der Waals surface area contributed by atoms with Gasteiger partial charge in [-0.3, -0.25) is 13.9 Å². The molecule has 0 radical (unpaired) electrons. The molecule has 0 N–H and O–H groups in total. The molecular formula is C14H14N2O5. The predicted molar refractivity (Wildman–Crippen MR) is 73.8 cm³/mol. The highest BCUT2D eigenvalue weighted by Gasteiger charge is 2.14. The number of nitrogens with zero attached hydrogens (tertiary/aromatic N) is 2. The molecule has 1 aromatic carbocycles. The molecule has 7 heteroatoms. The third-order valence-electron chi connectivity index (χ3n) is 3.36. The number of aromatic nitrogens is 2. The van der Waals surface area contributed by atoms with Crippen molar-refractivity contribution in [3.63, 3.8) is 0 Å². The lowest BCUT2D eigenvalue weighted by molar-refractivity contribution is 0.173. The van der Waals surface area contributed by atoms with Gasteiger partial charge in [-0.05, 0) is 12.1 Å². The fourth-order valence-corrected chi connectivity index (χ4v) is 2.04. The Morgan fingerprint density at radius 3 is 2.67 bits per heavy atom. The molecule has 2 aromatic rings. The largest absolute Gasteiger partial charge is 0.487 e. The first-order valence-electron chi connectivity index (χ1n) is 6.34. The van der Waals surface area contributed by atoms with Crippen LogP contribution < -0.4 is 25.5 Å². The molecule has 1 aromatic heterocycles. The molecule has 0 unspecified atom stereocenters. The first-order valence-corrected chi connectivity index (χ1v) is 6.34. The molecule has 0 atom stereocenters. The van der Waals surface area contributed by atoms with Crippen LogP contribution in [0.15, 0.2) is 33.9 Å². The van der Waals surface area contributed by atoms with Crippen molar-refractivity contribution >= 4 is 0 Å². The van der Waals surface area contributed by atoms with Gasteiger partial charge in [0.15, 0.2) is 11.5 Å². The summed E-state index contributed by atoms with van der Waals surface area (Å²) >= 11 is 0. The van der Waals surface area contributed by atoms with Crippen LogP contribution in [0.5, 0.6) is 17.2 Å². The van der Waals surface area contributed by atoms with Crippen LogP contribution in [0.3, 0.4) is 0 Å². The molecule has 1 aliphatic heterocycles. The number of rotatable bonds is 3. The van der Waals surface area contributed by atoms with Crippen molar-refractivity contribution in [3.8, 4) is 17.2 Å². The summed E-state index contributed by atoms with van der Waals surface area (Å²) in [5.41, 5.74) is -0.241. The van der Waals surface area contributed by atoms with E-state index >= 15 is 0 Å². The van der Waals surface area contributed by atoms with Gasteiger partial charge in [-0.15, -0.1) is 0 Å². The third kappa shape index (κ3) is 2.37. The van der Waals surface area contributed by atoms with Crippen molar-refractivity contribution in [2.24, 2.45) is 14.1 Å². The summed E-state index contributed by atoms with van der Waals surface area (Å²) in [6.45, 7) is 0.309. The van der Waals surface area contributed by atoms with Gasteiger partial charge in [0.25, 0.3) is 5.56 Å². The van der Waals surface area contributed by atoms with E-state index in [1.807, 2.05) is 0 Å². The zero-order valence-electron chi connectivity index (χ0n) is 11.7. The molecule has 0 amide bonds. The minimum Gasteiger partial charge on any atom is -0.487 e. The second kappa shape index (κ2) is 5.01. The summed E-state index contributed by atoms with van der Waals surface area (Å²) in [5, 5.41) is 0. The van der Waals surface area contributed by atoms with Crippen molar-refractivity contribution < 1.29 is 14.2 Å². The molecule has 0 saturated carbocycles. The summed E-state index contributed by atoms with van der Waals surface area (Å²) in [5.74, 6) is 1.86. The van der Waals surface area contributed by atoms with E-state index in [1.54, 1.807) is 25.2 Å².